The molecule has 4 rings (SSSR count). The molecule has 0 unspecified atom stereocenters. The molecule has 1 fully saturated rings. The lowest BCUT2D eigenvalue weighted by molar-refractivity contribution is 0.0755. The summed E-state index contributed by atoms with van der Waals surface area (Å²) in [6, 6.07) is 10.9. The van der Waals surface area contributed by atoms with Crippen molar-refractivity contribution in [3.8, 4) is 11.3 Å². The number of nitrogens with zero attached hydrogens (tertiary/aromatic N) is 4. The molecule has 1 aromatic carbocycles. The molecule has 2 aromatic heterocycles. The highest BCUT2D eigenvalue weighted by Gasteiger charge is 2.28. The molecule has 0 radical (unpaired) electrons. The Bertz CT molecular complexity index is 740. The van der Waals surface area contributed by atoms with Gasteiger partial charge in [-0.05, 0) is 13.8 Å². The molecule has 3 heterocycles. The summed E-state index contributed by atoms with van der Waals surface area (Å²) < 4.78 is 7.48. The van der Waals surface area contributed by atoms with Gasteiger partial charge in [-0.15, -0.1) is 5.10 Å². The van der Waals surface area contributed by atoms with Gasteiger partial charge in [-0.3, -0.25) is 0 Å². The van der Waals surface area contributed by atoms with Crippen LogP contribution in [0.15, 0.2) is 36.5 Å². The molecule has 0 N–H and O–H groups in total. The van der Waals surface area contributed by atoms with Crippen LogP contribution < -0.4 is 4.90 Å². The average Bonchev–Trinajstić information content (AvgIpc) is 3.07. The van der Waals surface area contributed by atoms with Crippen LogP contribution in [0.5, 0.6) is 0 Å². The zero-order chi connectivity index (χ0) is 15.1. The van der Waals surface area contributed by atoms with Crippen LogP contribution in [0.25, 0.3) is 16.2 Å². The lowest BCUT2D eigenvalue weighted by Crippen LogP contribution is -2.49. The summed E-state index contributed by atoms with van der Waals surface area (Å²) in [4.78, 5) is 7.98. The minimum atomic E-state index is 0.341. The Morgan fingerprint density at radius 1 is 1.14 bits per heavy atom. The first-order valence-electron chi connectivity index (χ1n) is 7.50. The molecular weight excluding hydrogens is 296 g/mol. The molecule has 22 heavy (non-hydrogen) atoms. The van der Waals surface area contributed by atoms with Crippen LogP contribution in [0.1, 0.15) is 13.8 Å². The molecule has 1 aliphatic heterocycles. The van der Waals surface area contributed by atoms with Gasteiger partial charge in [0.15, 0.2) is 0 Å². The normalized spacial score (nSPS) is 22.4. The number of aromatic nitrogens is 3. The van der Waals surface area contributed by atoms with Gasteiger partial charge in [-0.25, -0.2) is 9.50 Å². The third-order valence-electron chi connectivity index (χ3n) is 3.99. The summed E-state index contributed by atoms with van der Waals surface area (Å²) in [6.45, 7) is 5.85. The Labute approximate surface area is 133 Å². The van der Waals surface area contributed by atoms with Gasteiger partial charge in [0.05, 0.1) is 37.2 Å². The highest BCUT2D eigenvalue weighted by Crippen LogP contribution is 2.30. The van der Waals surface area contributed by atoms with Crippen molar-refractivity contribution in [2.24, 2.45) is 0 Å². The van der Waals surface area contributed by atoms with Crippen LogP contribution >= 0.6 is 11.3 Å². The molecule has 0 spiro atoms. The fraction of sp³-hybridized carbons (Fsp3) is 0.375. The molecule has 114 valence electrons. The molecule has 0 bridgehead atoms. The van der Waals surface area contributed by atoms with E-state index < -0.39 is 0 Å². The Hall–Kier alpha value is -1.92. The molecular formula is C16H18N4OS. The largest absolute Gasteiger partial charge is 0.377 e. The number of hydrogen-bond donors (Lipinski definition) is 0. The highest BCUT2D eigenvalue weighted by molar-refractivity contribution is 7.20. The van der Waals surface area contributed by atoms with E-state index in [1.165, 1.54) is 0 Å². The number of fused-ring (bicyclic) bond motifs is 1. The number of morpholine rings is 1. The average molecular weight is 314 g/mol. The van der Waals surface area contributed by atoms with Crippen LogP contribution in [-0.2, 0) is 4.74 Å². The van der Waals surface area contributed by atoms with E-state index in [9.17, 15) is 0 Å². The summed E-state index contributed by atoms with van der Waals surface area (Å²) in [6.07, 6.45) is 2.00. The third-order valence-corrected chi connectivity index (χ3v) is 4.93. The number of benzene rings is 1. The van der Waals surface area contributed by atoms with Gasteiger partial charge >= 0.3 is 0 Å². The van der Waals surface area contributed by atoms with Crippen molar-refractivity contribution in [2.45, 2.75) is 25.9 Å². The van der Waals surface area contributed by atoms with E-state index in [0.717, 1.165) is 34.6 Å². The molecule has 0 amide bonds. The number of ether oxygens (including phenoxy) is 1. The number of hydrogen-bond acceptors (Lipinski definition) is 5. The zero-order valence-electron chi connectivity index (χ0n) is 12.6. The van der Waals surface area contributed by atoms with Gasteiger partial charge in [0.1, 0.15) is 0 Å². The van der Waals surface area contributed by atoms with Crippen molar-refractivity contribution in [2.75, 3.05) is 18.1 Å². The second-order valence-corrected chi connectivity index (χ2v) is 6.68. The Morgan fingerprint density at radius 3 is 2.55 bits per heavy atom. The van der Waals surface area contributed by atoms with Gasteiger partial charge in [0, 0.05) is 5.56 Å². The first kappa shape index (κ1) is 13.7. The standard InChI is InChI=1S/C16H18N4OS/c1-11-9-21-10-12(2)20(11)16-18-19-8-14(17-15(19)22-16)13-6-4-3-5-7-13/h3-8,11-12H,9-10H2,1-2H3/t11-,12+. The maximum Gasteiger partial charge on any atom is 0.214 e. The van der Waals surface area contributed by atoms with Crippen molar-refractivity contribution in [1.82, 2.24) is 14.6 Å². The Kier molecular flexibility index (Phi) is 3.35. The first-order valence-corrected chi connectivity index (χ1v) is 8.32. The minimum Gasteiger partial charge on any atom is -0.377 e. The van der Waals surface area contributed by atoms with Crippen molar-refractivity contribution < 1.29 is 4.74 Å². The van der Waals surface area contributed by atoms with Gasteiger partial charge in [0.25, 0.3) is 0 Å². The van der Waals surface area contributed by atoms with Crippen molar-refractivity contribution in [3.63, 3.8) is 0 Å². The minimum absolute atomic E-state index is 0.341. The SMILES string of the molecule is C[C@@H]1COC[C@H](C)N1c1nn2cc(-c3ccccc3)nc2s1. The van der Waals surface area contributed by atoms with Crippen LogP contribution in [-0.4, -0.2) is 39.9 Å². The Morgan fingerprint density at radius 2 is 1.86 bits per heavy atom. The van der Waals surface area contributed by atoms with Crippen LogP contribution in [0.3, 0.4) is 0 Å². The van der Waals surface area contributed by atoms with E-state index >= 15 is 0 Å². The molecule has 0 saturated carbocycles. The summed E-state index contributed by atoms with van der Waals surface area (Å²) in [5.41, 5.74) is 2.09. The van der Waals surface area contributed by atoms with Crippen LogP contribution in [0, 0.1) is 0 Å². The molecule has 3 aromatic rings. The lowest BCUT2D eigenvalue weighted by atomic mass is 10.2. The third kappa shape index (κ3) is 2.28. The Balaban J connectivity index is 1.69. The highest BCUT2D eigenvalue weighted by atomic mass is 32.1. The van der Waals surface area contributed by atoms with Gasteiger partial charge in [-0.2, -0.15) is 0 Å². The molecule has 1 saturated heterocycles. The van der Waals surface area contributed by atoms with Crippen molar-refractivity contribution in [3.05, 3.63) is 36.5 Å². The summed E-state index contributed by atoms with van der Waals surface area (Å²) in [5.74, 6) is 0. The quantitative estimate of drug-likeness (QED) is 0.729. The first-order chi connectivity index (χ1) is 10.7. The monoisotopic (exact) mass is 314 g/mol. The maximum atomic E-state index is 5.59. The van der Waals surface area contributed by atoms with E-state index in [1.54, 1.807) is 11.3 Å². The van der Waals surface area contributed by atoms with Gasteiger partial charge < -0.3 is 9.64 Å². The number of rotatable bonds is 2. The fourth-order valence-corrected chi connectivity index (χ4v) is 4.01. The molecule has 2 atom stereocenters. The maximum absolute atomic E-state index is 5.59. The lowest BCUT2D eigenvalue weighted by Gasteiger charge is -2.38. The van der Waals surface area contributed by atoms with E-state index in [2.05, 4.69) is 30.9 Å². The van der Waals surface area contributed by atoms with Crippen LogP contribution in [0.2, 0.25) is 0 Å². The fourth-order valence-electron chi connectivity index (χ4n) is 2.92. The predicted molar refractivity (Wildman–Crippen MR) is 88.5 cm³/mol. The predicted octanol–water partition coefficient (Wildman–Crippen LogP) is 3.07. The second kappa shape index (κ2) is 5.37. The number of anilines is 1. The van der Waals surface area contributed by atoms with E-state index in [1.807, 2.05) is 28.9 Å². The smallest absolute Gasteiger partial charge is 0.214 e. The molecule has 0 aliphatic carbocycles. The summed E-state index contributed by atoms with van der Waals surface area (Å²) in [7, 11) is 0. The molecule has 1 aliphatic rings. The molecule has 5 nitrogen and oxygen atoms in total. The van der Waals surface area contributed by atoms with Crippen LogP contribution in [0.4, 0.5) is 5.13 Å². The summed E-state index contributed by atoms with van der Waals surface area (Å²) in [5, 5.41) is 5.75. The van der Waals surface area contributed by atoms with Gasteiger partial charge in [0.2, 0.25) is 10.1 Å². The zero-order valence-corrected chi connectivity index (χ0v) is 13.5. The van der Waals surface area contributed by atoms with E-state index in [4.69, 9.17) is 14.8 Å². The van der Waals surface area contributed by atoms with E-state index in [0.29, 0.717) is 12.1 Å². The molecule has 6 heteroatoms. The summed E-state index contributed by atoms with van der Waals surface area (Å²) >= 11 is 1.64. The second-order valence-electron chi connectivity index (χ2n) is 5.75. The topological polar surface area (TPSA) is 42.7 Å². The van der Waals surface area contributed by atoms with Gasteiger partial charge in [-0.1, -0.05) is 41.7 Å². The van der Waals surface area contributed by atoms with Crippen molar-refractivity contribution in [1.29, 1.82) is 0 Å². The van der Waals surface area contributed by atoms with Crippen molar-refractivity contribution >= 4 is 21.4 Å². The van der Waals surface area contributed by atoms with E-state index in [-0.39, 0.29) is 0 Å². The number of imidazole rings is 1.